The number of aromatic nitrogens is 4. The smallest absolute Gasteiger partial charge is 0.242 e. The fourth-order valence-corrected chi connectivity index (χ4v) is 1.72. The first-order valence-electron chi connectivity index (χ1n) is 7.40. The lowest BCUT2D eigenvalue weighted by molar-refractivity contribution is 0.379. The molecule has 23 heavy (non-hydrogen) atoms. The molecule has 0 atom stereocenters. The van der Waals surface area contributed by atoms with E-state index in [4.69, 9.17) is 20.9 Å². The second kappa shape index (κ2) is 8.11. The van der Waals surface area contributed by atoms with E-state index in [1.807, 2.05) is 27.7 Å². The maximum atomic E-state index is 5.76. The molecule has 0 saturated carbocycles. The lowest BCUT2D eigenvalue weighted by atomic mass is 10.1. The maximum absolute atomic E-state index is 5.76. The van der Waals surface area contributed by atoms with Gasteiger partial charge < -0.3 is 20.9 Å². The first kappa shape index (κ1) is 18.4. The van der Waals surface area contributed by atoms with Crippen molar-refractivity contribution in [3.8, 4) is 17.5 Å². The highest BCUT2D eigenvalue weighted by atomic mass is 16.5. The van der Waals surface area contributed by atoms with Gasteiger partial charge >= 0.3 is 0 Å². The zero-order valence-corrected chi connectivity index (χ0v) is 14.4. The molecule has 2 rings (SSSR count). The van der Waals surface area contributed by atoms with Crippen LogP contribution >= 0.6 is 0 Å². The number of anilines is 2. The van der Waals surface area contributed by atoms with Gasteiger partial charge in [0.05, 0.1) is 13.3 Å². The van der Waals surface area contributed by atoms with Gasteiger partial charge in [-0.05, 0) is 6.92 Å². The van der Waals surface area contributed by atoms with Crippen LogP contribution in [0.4, 0.5) is 11.8 Å². The van der Waals surface area contributed by atoms with Gasteiger partial charge in [0.1, 0.15) is 11.4 Å². The van der Waals surface area contributed by atoms with Crippen LogP contribution < -0.4 is 20.9 Å². The van der Waals surface area contributed by atoms with Crippen molar-refractivity contribution in [3.05, 3.63) is 17.6 Å². The molecule has 4 N–H and O–H groups in total. The Labute approximate surface area is 136 Å². The summed E-state index contributed by atoms with van der Waals surface area (Å²) in [4.78, 5) is 16.5. The summed E-state index contributed by atoms with van der Waals surface area (Å²) in [6, 6.07) is 0. The van der Waals surface area contributed by atoms with E-state index in [1.165, 1.54) is 6.20 Å². The van der Waals surface area contributed by atoms with Gasteiger partial charge in [-0.15, -0.1) is 0 Å². The van der Waals surface area contributed by atoms with Gasteiger partial charge in [0.25, 0.3) is 0 Å². The highest BCUT2D eigenvalue weighted by Crippen LogP contribution is 2.31. The van der Waals surface area contributed by atoms with Crippen LogP contribution in [0.25, 0.3) is 0 Å². The molecule has 0 amide bonds. The molecule has 0 radical (unpaired) electrons. The molecular weight excluding hydrogens is 296 g/mol. The summed E-state index contributed by atoms with van der Waals surface area (Å²) in [7, 11) is 1.55. The average Bonchev–Trinajstić information content (AvgIpc) is 2.52. The number of hydrogen-bond acceptors (Lipinski definition) is 8. The standard InChI is InChI=1S/C13H18N6O2.C2H6/c1-6(2)9-12(17-7(3)11(18-9)20-4)21-8-5-16-13(15)19-10(8)14;1-2/h5-6H,1-4H3,(H4,14,15,16,19);1-2H3. The van der Waals surface area contributed by atoms with Crippen molar-refractivity contribution in [2.24, 2.45) is 0 Å². The minimum absolute atomic E-state index is 0.0842. The number of ether oxygens (including phenoxy) is 2. The number of hydrogen-bond donors (Lipinski definition) is 2. The third-order valence-corrected chi connectivity index (χ3v) is 2.77. The molecule has 0 bridgehead atoms. The highest BCUT2D eigenvalue weighted by molar-refractivity contribution is 5.49. The number of rotatable bonds is 4. The monoisotopic (exact) mass is 320 g/mol. The van der Waals surface area contributed by atoms with E-state index in [2.05, 4.69) is 19.9 Å². The molecule has 2 aromatic rings. The Kier molecular flexibility index (Phi) is 6.49. The average molecular weight is 320 g/mol. The van der Waals surface area contributed by atoms with Crippen LogP contribution in [-0.4, -0.2) is 27.0 Å². The molecule has 0 unspecified atom stereocenters. The molecule has 0 aliphatic heterocycles. The van der Waals surface area contributed by atoms with Crippen LogP contribution in [-0.2, 0) is 0 Å². The third-order valence-electron chi connectivity index (χ3n) is 2.77. The minimum Gasteiger partial charge on any atom is -0.480 e. The van der Waals surface area contributed by atoms with Crippen molar-refractivity contribution in [2.75, 3.05) is 18.6 Å². The van der Waals surface area contributed by atoms with Gasteiger partial charge in [0.2, 0.25) is 17.7 Å². The van der Waals surface area contributed by atoms with E-state index < -0.39 is 0 Å². The molecule has 0 fully saturated rings. The molecule has 0 spiro atoms. The number of nitrogen functional groups attached to an aromatic ring is 2. The first-order valence-corrected chi connectivity index (χ1v) is 7.40. The summed E-state index contributed by atoms with van der Waals surface area (Å²) in [5.41, 5.74) is 12.5. The van der Waals surface area contributed by atoms with Crippen LogP contribution in [0.2, 0.25) is 0 Å². The molecule has 8 heteroatoms. The fraction of sp³-hybridized carbons (Fsp3) is 0.467. The van der Waals surface area contributed by atoms with Gasteiger partial charge in [-0.1, -0.05) is 27.7 Å². The highest BCUT2D eigenvalue weighted by Gasteiger charge is 2.18. The number of nitrogens with two attached hydrogens (primary N) is 2. The normalized spacial score (nSPS) is 10.0. The van der Waals surface area contributed by atoms with E-state index in [9.17, 15) is 0 Å². The molecule has 0 aliphatic carbocycles. The second-order valence-electron chi connectivity index (χ2n) is 4.74. The summed E-state index contributed by atoms with van der Waals surface area (Å²) >= 11 is 0. The predicted octanol–water partition coefficient (Wildman–Crippen LogP) is 2.69. The maximum Gasteiger partial charge on any atom is 0.242 e. The second-order valence-corrected chi connectivity index (χ2v) is 4.74. The predicted molar refractivity (Wildman–Crippen MR) is 89.7 cm³/mol. The fourth-order valence-electron chi connectivity index (χ4n) is 1.72. The lowest BCUT2D eigenvalue weighted by Gasteiger charge is -2.14. The molecule has 126 valence electrons. The van der Waals surface area contributed by atoms with Crippen LogP contribution in [0, 0.1) is 6.92 Å². The van der Waals surface area contributed by atoms with Crippen molar-refractivity contribution in [1.29, 1.82) is 0 Å². The molecule has 0 aromatic carbocycles. The Balaban J connectivity index is 0.00000127. The SMILES string of the molecule is CC.COc1nc(C(C)C)c(Oc2cnc(N)nc2N)nc1C. The Morgan fingerprint density at radius 1 is 1.04 bits per heavy atom. The minimum atomic E-state index is 0.0842. The molecule has 2 heterocycles. The molecule has 2 aromatic heterocycles. The molecule has 8 nitrogen and oxygen atoms in total. The van der Waals surface area contributed by atoms with Gasteiger partial charge in [0, 0.05) is 5.92 Å². The van der Waals surface area contributed by atoms with Crippen molar-refractivity contribution >= 4 is 11.8 Å². The molecule has 0 saturated heterocycles. The van der Waals surface area contributed by atoms with Crippen molar-refractivity contribution in [1.82, 2.24) is 19.9 Å². The third kappa shape index (κ3) is 4.41. The Bertz CT molecular complexity index is 661. The van der Waals surface area contributed by atoms with Crippen LogP contribution in [0.15, 0.2) is 6.20 Å². The van der Waals surface area contributed by atoms with E-state index in [0.29, 0.717) is 23.1 Å². The van der Waals surface area contributed by atoms with Crippen molar-refractivity contribution in [3.63, 3.8) is 0 Å². The van der Waals surface area contributed by atoms with Gasteiger partial charge in [-0.2, -0.15) is 4.98 Å². The number of aryl methyl sites for hydroxylation is 1. The summed E-state index contributed by atoms with van der Waals surface area (Å²) in [5, 5.41) is 0. The van der Waals surface area contributed by atoms with Gasteiger partial charge in [-0.3, -0.25) is 0 Å². The quantitative estimate of drug-likeness (QED) is 0.881. The van der Waals surface area contributed by atoms with E-state index in [0.717, 1.165) is 0 Å². The Morgan fingerprint density at radius 3 is 2.22 bits per heavy atom. The topological polar surface area (TPSA) is 122 Å². The van der Waals surface area contributed by atoms with Crippen molar-refractivity contribution in [2.45, 2.75) is 40.5 Å². The van der Waals surface area contributed by atoms with Gasteiger partial charge in [-0.25, -0.2) is 15.0 Å². The van der Waals surface area contributed by atoms with E-state index in [-0.39, 0.29) is 23.4 Å². The Morgan fingerprint density at radius 2 is 1.70 bits per heavy atom. The van der Waals surface area contributed by atoms with E-state index in [1.54, 1.807) is 14.0 Å². The summed E-state index contributed by atoms with van der Waals surface area (Å²) in [6.07, 6.45) is 1.41. The first-order chi connectivity index (χ1) is 10.9. The zero-order valence-electron chi connectivity index (χ0n) is 14.4. The molecular formula is C15H24N6O2. The summed E-state index contributed by atoms with van der Waals surface area (Å²) < 4.78 is 10.9. The van der Waals surface area contributed by atoms with Crippen LogP contribution in [0.5, 0.6) is 17.5 Å². The lowest BCUT2D eigenvalue weighted by Crippen LogP contribution is -2.07. The summed E-state index contributed by atoms with van der Waals surface area (Å²) in [6.45, 7) is 9.74. The number of methoxy groups -OCH3 is 1. The van der Waals surface area contributed by atoms with E-state index >= 15 is 0 Å². The Hall–Kier alpha value is -2.64. The van der Waals surface area contributed by atoms with Crippen molar-refractivity contribution < 1.29 is 9.47 Å². The van der Waals surface area contributed by atoms with Crippen LogP contribution in [0.1, 0.15) is 45.0 Å². The molecule has 0 aliphatic rings. The summed E-state index contributed by atoms with van der Waals surface area (Å²) in [5.74, 6) is 1.42. The number of nitrogens with zero attached hydrogens (tertiary/aromatic N) is 4. The van der Waals surface area contributed by atoms with Crippen LogP contribution in [0.3, 0.4) is 0 Å². The van der Waals surface area contributed by atoms with Gasteiger partial charge in [0.15, 0.2) is 11.6 Å². The largest absolute Gasteiger partial charge is 0.480 e. The zero-order chi connectivity index (χ0) is 17.6.